The van der Waals surface area contributed by atoms with Crippen molar-refractivity contribution in [2.75, 3.05) is 6.61 Å². The Morgan fingerprint density at radius 1 is 1.14 bits per heavy atom. The van der Waals surface area contributed by atoms with Gasteiger partial charge in [-0.2, -0.15) is 0 Å². The van der Waals surface area contributed by atoms with Crippen molar-refractivity contribution in [3.63, 3.8) is 0 Å². The number of nitrogens with one attached hydrogen (secondary N) is 3. The van der Waals surface area contributed by atoms with Crippen LogP contribution in [0.1, 0.15) is 31.7 Å². The molecule has 0 fully saturated rings. The molecule has 1 aromatic rings. The molecule has 1 aromatic carbocycles. The minimum absolute atomic E-state index is 0.0600. The Balaban J connectivity index is 2.21. The van der Waals surface area contributed by atoms with E-state index in [0.717, 1.165) is 18.4 Å². The predicted octanol–water partition coefficient (Wildman–Crippen LogP) is 1.59. The first-order valence-corrected chi connectivity index (χ1v) is 7.50. The fourth-order valence-corrected chi connectivity index (χ4v) is 1.67. The summed E-state index contributed by atoms with van der Waals surface area (Å²) in [4.78, 5) is 23.0. The highest BCUT2D eigenvalue weighted by Gasteiger charge is 2.06. The van der Waals surface area contributed by atoms with Gasteiger partial charge in [0.15, 0.2) is 11.7 Å². The Morgan fingerprint density at radius 2 is 1.82 bits per heavy atom. The summed E-state index contributed by atoms with van der Waals surface area (Å²) in [6.07, 6.45) is 2.13. The SMILES string of the molecule is CCCCC(=O)NC(=S)NNC(=O)COc1ccc(C)cc1. The molecule has 0 heterocycles. The first kappa shape index (κ1) is 17.9. The topological polar surface area (TPSA) is 79.5 Å². The molecule has 1 rings (SSSR count). The van der Waals surface area contributed by atoms with E-state index in [0.29, 0.717) is 12.2 Å². The average molecular weight is 323 g/mol. The molecule has 0 bridgehead atoms. The van der Waals surface area contributed by atoms with Gasteiger partial charge in [0.2, 0.25) is 5.91 Å². The number of unbranched alkanes of at least 4 members (excludes halogenated alkanes) is 1. The van der Waals surface area contributed by atoms with E-state index in [9.17, 15) is 9.59 Å². The lowest BCUT2D eigenvalue weighted by molar-refractivity contribution is -0.124. The van der Waals surface area contributed by atoms with Crippen LogP contribution in [0.2, 0.25) is 0 Å². The third-order valence-electron chi connectivity index (χ3n) is 2.72. The van der Waals surface area contributed by atoms with Gasteiger partial charge in [0.25, 0.3) is 5.91 Å². The van der Waals surface area contributed by atoms with Gasteiger partial charge in [0, 0.05) is 6.42 Å². The third kappa shape index (κ3) is 7.58. The zero-order valence-electron chi connectivity index (χ0n) is 12.8. The Kier molecular flexibility index (Phi) is 7.91. The summed E-state index contributed by atoms with van der Waals surface area (Å²) >= 11 is 4.89. The van der Waals surface area contributed by atoms with Crippen LogP contribution < -0.4 is 20.9 Å². The zero-order chi connectivity index (χ0) is 16.4. The van der Waals surface area contributed by atoms with Gasteiger partial charge in [-0.05, 0) is 37.7 Å². The minimum Gasteiger partial charge on any atom is -0.484 e. The van der Waals surface area contributed by atoms with E-state index < -0.39 is 5.91 Å². The largest absolute Gasteiger partial charge is 0.484 e. The van der Waals surface area contributed by atoms with Crippen LogP contribution in [0.3, 0.4) is 0 Å². The number of aryl methyl sites for hydroxylation is 1. The summed E-state index contributed by atoms with van der Waals surface area (Å²) in [6, 6.07) is 7.36. The quantitative estimate of drug-likeness (QED) is 0.547. The summed E-state index contributed by atoms with van der Waals surface area (Å²) in [5.74, 6) is 0.0337. The fraction of sp³-hybridized carbons (Fsp3) is 0.400. The molecule has 0 spiro atoms. The Labute approximate surface area is 135 Å². The second kappa shape index (κ2) is 9.73. The van der Waals surface area contributed by atoms with Crippen LogP contribution in [0.25, 0.3) is 0 Å². The summed E-state index contributed by atoms with van der Waals surface area (Å²) in [6.45, 7) is 3.82. The molecule has 0 saturated carbocycles. The molecule has 0 radical (unpaired) electrons. The first-order chi connectivity index (χ1) is 10.5. The van der Waals surface area contributed by atoms with Crippen LogP contribution >= 0.6 is 12.2 Å². The molecule has 0 aromatic heterocycles. The number of ether oxygens (including phenoxy) is 1. The van der Waals surface area contributed by atoms with Crippen molar-refractivity contribution < 1.29 is 14.3 Å². The minimum atomic E-state index is -0.397. The first-order valence-electron chi connectivity index (χ1n) is 7.09. The van der Waals surface area contributed by atoms with Crippen LogP contribution in [0.4, 0.5) is 0 Å². The van der Waals surface area contributed by atoms with E-state index in [1.165, 1.54) is 0 Å². The number of carbonyl (C=O) groups excluding carboxylic acids is 2. The van der Waals surface area contributed by atoms with Crippen LogP contribution in [-0.2, 0) is 9.59 Å². The van der Waals surface area contributed by atoms with Crippen LogP contribution in [0.5, 0.6) is 5.75 Å². The van der Waals surface area contributed by atoms with Crippen LogP contribution in [-0.4, -0.2) is 23.5 Å². The van der Waals surface area contributed by atoms with Gasteiger partial charge < -0.3 is 10.1 Å². The number of rotatable bonds is 6. The average Bonchev–Trinajstić information content (AvgIpc) is 2.50. The Hall–Kier alpha value is -2.15. The van der Waals surface area contributed by atoms with Gasteiger partial charge >= 0.3 is 0 Å². The Bertz CT molecular complexity index is 517. The highest BCUT2D eigenvalue weighted by molar-refractivity contribution is 7.80. The van der Waals surface area contributed by atoms with Gasteiger partial charge in [0.1, 0.15) is 5.75 Å². The van der Waals surface area contributed by atoms with E-state index >= 15 is 0 Å². The number of hydrazine groups is 1. The number of hydrogen-bond acceptors (Lipinski definition) is 4. The normalized spacial score (nSPS) is 9.73. The van der Waals surface area contributed by atoms with Gasteiger partial charge in [-0.15, -0.1) is 0 Å². The molecule has 0 atom stereocenters. The highest BCUT2D eigenvalue weighted by Crippen LogP contribution is 2.10. The molecule has 120 valence electrons. The summed E-state index contributed by atoms with van der Waals surface area (Å²) in [7, 11) is 0. The Morgan fingerprint density at radius 3 is 2.45 bits per heavy atom. The fourth-order valence-electron chi connectivity index (χ4n) is 1.50. The lowest BCUT2D eigenvalue weighted by atomic mass is 10.2. The number of thiocarbonyl (C=S) groups is 1. The molecule has 3 N–H and O–H groups in total. The van der Waals surface area contributed by atoms with Crippen molar-refractivity contribution in [3.05, 3.63) is 29.8 Å². The van der Waals surface area contributed by atoms with Gasteiger partial charge in [-0.3, -0.25) is 20.4 Å². The molecule has 0 saturated heterocycles. The number of hydrogen-bond donors (Lipinski definition) is 3. The molecule has 0 aliphatic carbocycles. The van der Waals surface area contributed by atoms with Gasteiger partial charge in [-0.25, -0.2) is 0 Å². The maximum Gasteiger partial charge on any atom is 0.276 e. The lowest BCUT2D eigenvalue weighted by Crippen LogP contribution is -2.49. The van der Waals surface area contributed by atoms with E-state index in [1.54, 1.807) is 12.1 Å². The molecule has 7 heteroatoms. The predicted molar refractivity (Wildman–Crippen MR) is 88.2 cm³/mol. The molecule has 0 unspecified atom stereocenters. The molecular formula is C15H21N3O3S. The van der Waals surface area contributed by atoms with E-state index in [4.69, 9.17) is 17.0 Å². The lowest BCUT2D eigenvalue weighted by Gasteiger charge is -2.11. The van der Waals surface area contributed by atoms with Crippen LogP contribution in [0, 0.1) is 6.92 Å². The molecule has 6 nitrogen and oxygen atoms in total. The van der Waals surface area contributed by atoms with Crippen molar-refractivity contribution in [2.24, 2.45) is 0 Å². The highest BCUT2D eigenvalue weighted by atomic mass is 32.1. The third-order valence-corrected chi connectivity index (χ3v) is 2.92. The van der Waals surface area contributed by atoms with E-state index in [2.05, 4.69) is 16.2 Å². The molecule has 0 aliphatic heterocycles. The summed E-state index contributed by atoms with van der Waals surface area (Å²) in [5, 5.41) is 2.54. The van der Waals surface area contributed by atoms with Crippen molar-refractivity contribution in [3.8, 4) is 5.75 Å². The van der Waals surface area contributed by atoms with Crippen molar-refractivity contribution in [1.29, 1.82) is 0 Å². The molecular weight excluding hydrogens is 302 g/mol. The second-order valence-electron chi connectivity index (χ2n) is 4.76. The zero-order valence-corrected chi connectivity index (χ0v) is 13.6. The van der Waals surface area contributed by atoms with Crippen LogP contribution in [0.15, 0.2) is 24.3 Å². The number of benzene rings is 1. The number of amides is 2. The monoisotopic (exact) mass is 323 g/mol. The molecule has 2 amide bonds. The maximum atomic E-state index is 11.6. The second-order valence-corrected chi connectivity index (χ2v) is 5.16. The summed E-state index contributed by atoms with van der Waals surface area (Å²) in [5.41, 5.74) is 5.92. The van der Waals surface area contributed by atoms with E-state index in [-0.39, 0.29) is 17.6 Å². The smallest absolute Gasteiger partial charge is 0.276 e. The molecule has 22 heavy (non-hydrogen) atoms. The molecule has 0 aliphatic rings. The van der Waals surface area contributed by atoms with Crippen molar-refractivity contribution in [2.45, 2.75) is 33.1 Å². The van der Waals surface area contributed by atoms with Crippen molar-refractivity contribution >= 4 is 29.1 Å². The standard InChI is InChI=1S/C15H21N3O3S/c1-3-4-5-13(19)16-15(22)18-17-14(20)10-21-12-8-6-11(2)7-9-12/h6-9H,3-5,10H2,1-2H3,(H,17,20)(H2,16,18,19,22). The summed E-state index contributed by atoms with van der Waals surface area (Å²) < 4.78 is 5.31. The van der Waals surface area contributed by atoms with Gasteiger partial charge in [0.05, 0.1) is 0 Å². The maximum absolute atomic E-state index is 11.6. The van der Waals surface area contributed by atoms with Crippen molar-refractivity contribution in [1.82, 2.24) is 16.2 Å². The van der Waals surface area contributed by atoms with Gasteiger partial charge in [-0.1, -0.05) is 31.0 Å². The van der Waals surface area contributed by atoms with E-state index in [1.807, 2.05) is 26.0 Å². The number of carbonyl (C=O) groups is 2.